The van der Waals surface area contributed by atoms with E-state index in [4.69, 9.17) is 11.6 Å². The molecule has 1 aromatic rings. The molecule has 0 radical (unpaired) electrons. The Morgan fingerprint density at radius 3 is 2.47 bits per heavy atom. The maximum atomic E-state index is 10.3. The lowest BCUT2D eigenvalue weighted by Crippen LogP contribution is -2.24. The highest BCUT2D eigenvalue weighted by Gasteiger charge is 2.27. The Kier molecular flexibility index (Phi) is 3.94. The van der Waals surface area contributed by atoms with E-state index in [9.17, 15) is 5.11 Å². The van der Waals surface area contributed by atoms with Gasteiger partial charge in [0, 0.05) is 18.8 Å². The summed E-state index contributed by atoms with van der Waals surface area (Å²) in [7, 11) is 1.78. The van der Waals surface area contributed by atoms with Gasteiger partial charge in [0.25, 0.3) is 0 Å². The molecule has 0 spiro atoms. The zero-order valence-electron chi connectivity index (χ0n) is 9.34. The van der Waals surface area contributed by atoms with Gasteiger partial charge >= 0.3 is 0 Å². The molecule has 0 aliphatic carbocycles. The maximum Gasteiger partial charge on any atom is 0.127 e. The Balaban J connectivity index is 3.14. The van der Waals surface area contributed by atoms with E-state index in [1.54, 1.807) is 19.3 Å². The first-order chi connectivity index (χ1) is 7.07. The number of hydrogen-bond donors (Lipinski definition) is 2. The molecule has 0 aliphatic heterocycles. The van der Waals surface area contributed by atoms with E-state index in [-0.39, 0.29) is 0 Å². The number of aromatic nitrogens is 1. The first-order valence-corrected chi connectivity index (χ1v) is 5.51. The van der Waals surface area contributed by atoms with E-state index in [0.29, 0.717) is 29.2 Å². The Bertz CT molecular complexity index is 337. The molecule has 0 bridgehead atoms. The van der Waals surface area contributed by atoms with Crippen LogP contribution in [0.4, 0.5) is 5.82 Å². The Labute approximate surface area is 95.5 Å². The van der Waals surface area contributed by atoms with Crippen molar-refractivity contribution >= 4 is 17.4 Å². The summed E-state index contributed by atoms with van der Waals surface area (Å²) in [6, 6.07) is 1.73. The van der Waals surface area contributed by atoms with E-state index in [1.807, 2.05) is 13.8 Å². The molecule has 2 N–H and O–H groups in total. The number of halogens is 1. The monoisotopic (exact) mass is 228 g/mol. The third kappa shape index (κ3) is 2.41. The summed E-state index contributed by atoms with van der Waals surface area (Å²) >= 11 is 6.11. The molecule has 0 unspecified atom stereocenters. The van der Waals surface area contributed by atoms with Crippen LogP contribution in [0.5, 0.6) is 0 Å². The van der Waals surface area contributed by atoms with Crippen LogP contribution in [0, 0.1) is 0 Å². The molecule has 4 heteroatoms. The predicted octanol–water partition coefficient (Wildman–Crippen LogP) is 2.78. The Morgan fingerprint density at radius 2 is 2.07 bits per heavy atom. The molecule has 0 aromatic carbocycles. The number of nitrogens with one attached hydrogen (secondary N) is 1. The van der Waals surface area contributed by atoms with Crippen LogP contribution in [0.25, 0.3) is 0 Å². The molecule has 3 nitrogen and oxygen atoms in total. The van der Waals surface area contributed by atoms with E-state index in [1.165, 1.54) is 0 Å². The molecule has 0 fully saturated rings. The van der Waals surface area contributed by atoms with Gasteiger partial charge in [0.15, 0.2) is 0 Å². The number of anilines is 1. The lowest BCUT2D eigenvalue weighted by atomic mass is 9.90. The summed E-state index contributed by atoms with van der Waals surface area (Å²) in [5.41, 5.74) is -0.163. The quantitative estimate of drug-likeness (QED) is 0.833. The van der Waals surface area contributed by atoms with Crippen molar-refractivity contribution in [2.24, 2.45) is 0 Å². The summed E-state index contributed by atoms with van der Waals surface area (Å²) in [6.45, 7) is 3.87. The molecule has 84 valence electrons. The van der Waals surface area contributed by atoms with Gasteiger partial charge in [0.1, 0.15) is 5.82 Å². The Hall–Kier alpha value is -0.800. The summed E-state index contributed by atoms with van der Waals surface area (Å²) in [4.78, 5) is 4.16. The number of rotatable bonds is 4. The van der Waals surface area contributed by atoms with Gasteiger partial charge < -0.3 is 10.4 Å². The molecule has 0 atom stereocenters. The van der Waals surface area contributed by atoms with Crippen molar-refractivity contribution in [2.45, 2.75) is 32.3 Å². The van der Waals surface area contributed by atoms with Gasteiger partial charge in [-0.3, -0.25) is 0 Å². The zero-order chi connectivity index (χ0) is 11.5. The van der Waals surface area contributed by atoms with E-state index in [2.05, 4.69) is 10.3 Å². The number of pyridine rings is 1. The van der Waals surface area contributed by atoms with Crippen molar-refractivity contribution in [1.82, 2.24) is 4.98 Å². The molecule has 1 heterocycles. The van der Waals surface area contributed by atoms with Crippen molar-refractivity contribution in [1.29, 1.82) is 0 Å². The predicted molar refractivity (Wildman–Crippen MR) is 63.3 cm³/mol. The van der Waals surface area contributed by atoms with Crippen LogP contribution in [0.3, 0.4) is 0 Å². The van der Waals surface area contributed by atoms with Gasteiger partial charge in [-0.1, -0.05) is 25.4 Å². The topological polar surface area (TPSA) is 45.2 Å². The highest BCUT2D eigenvalue weighted by atomic mass is 35.5. The SMILES string of the molecule is CCC(O)(CC)c1cnc(NC)cc1Cl. The third-order valence-corrected chi connectivity index (χ3v) is 3.09. The van der Waals surface area contributed by atoms with Crippen molar-refractivity contribution in [3.05, 3.63) is 22.8 Å². The van der Waals surface area contributed by atoms with Crippen molar-refractivity contribution in [3.8, 4) is 0 Å². The summed E-state index contributed by atoms with van der Waals surface area (Å²) < 4.78 is 0. The Morgan fingerprint density at radius 1 is 1.47 bits per heavy atom. The van der Waals surface area contributed by atoms with Gasteiger partial charge in [-0.25, -0.2) is 4.98 Å². The highest BCUT2D eigenvalue weighted by molar-refractivity contribution is 6.31. The van der Waals surface area contributed by atoms with Gasteiger partial charge in [-0.15, -0.1) is 0 Å². The molecular weight excluding hydrogens is 212 g/mol. The molecule has 15 heavy (non-hydrogen) atoms. The molecule has 0 saturated heterocycles. The molecule has 0 saturated carbocycles. The second-order valence-corrected chi connectivity index (χ2v) is 3.95. The second-order valence-electron chi connectivity index (χ2n) is 3.54. The number of nitrogens with zero attached hydrogens (tertiary/aromatic N) is 1. The van der Waals surface area contributed by atoms with Crippen LogP contribution in [-0.2, 0) is 5.60 Å². The summed E-state index contributed by atoms with van der Waals surface area (Å²) in [5.74, 6) is 0.707. The maximum absolute atomic E-state index is 10.3. The zero-order valence-corrected chi connectivity index (χ0v) is 10.1. The van der Waals surface area contributed by atoms with Crippen LogP contribution >= 0.6 is 11.6 Å². The molecule has 1 aromatic heterocycles. The average Bonchev–Trinajstić information content (AvgIpc) is 2.27. The second kappa shape index (κ2) is 4.81. The van der Waals surface area contributed by atoms with Crippen LogP contribution < -0.4 is 5.32 Å². The average molecular weight is 229 g/mol. The van der Waals surface area contributed by atoms with Crippen molar-refractivity contribution in [2.75, 3.05) is 12.4 Å². The molecular formula is C11H17ClN2O. The van der Waals surface area contributed by atoms with Crippen molar-refractivity contribution in [3.63, 3.8) is 0 Å². The van der Waals surface area contributed by atoms with Crippen LogP contribution in [0.2, 0.25) is 5.02 Å². The number of aliphatic hydroxyl groups is 1. The van der Waals surface area contributed by atoms with E-state index >= 15 is 0 Å². The summed E-state index contributed by atoms with van der Waals surface area (Å²) in [5, 5.41) is 13.8. The molecule has 1 rings (SSSR count). The van der Waals surface area contributed by atoms with E-state index < -0.39 is 5.60 Å². The normalized spacial score (nSPS) is 11.5. The third-order valence-electron chi connectivity index (χ3n) is 2.78. The van der Waals surface area contributed by atoms with Gasteiger partial charge in [0.05, 0.1) is 10.6 Å². The van der Waals surface area contributed by atoms with Gasteiger partial charge in [-0.2, -0.15) is 0 Å². The van der Waals surface area contributed by atoms with E-state index in [0.717, 1.165) is 0 Å². The van der Waals surface area contributed by atoms with Crippen LogP contribution in [0.1, 0.15) is 32.3 Å². The minimum atomic E-state index is -0.865. The smallest absolute Gasteiger partial charge is 0.127 e. The number of hydrogen-bond acceptors (Lipinski definition) is 3. The first kappa shape index (κ1) is 12.3. The van der Waals surface area contributed by atoms with Crippen LogP contribution in [-0.4, -0.2) is 17.1 Å². The van der Waals surface area contributed by atoms with Crippen molar-refractivity contribution < 1.29 is 5.11 Å². The highest BCUT2D eigenvalue weighted by Crippen LogP contribution is 2.33. The molecule has 0 aliphatic rings. The lowest BCUT2D eigenvalue weighted by Gasteiger charge is -2.26. The fourth-order valence-electron chi connectivity index (χ4n) is 1.54. The fourth-order valence-corrected chi connectivity index (χ4v) is 1.87. The van der Waals surface area contributed by atoms with Gasteiger partial charge in [-0.05, 0) is 18.9 Å². The summed E-state index contributed by atoms with van der Waals surface area (Å²) in [6.07, 6.45) is 2.90. The lowest BCUT2D eigenvalue weighted by molar-refractivity contribution is 0.0282. The van der Waals surface area contributed by atoms with Gasteiger partial charge in [0.2, 0.25) is 0 Å². The largest absolute Gasteiger partial charge is 0.385 e. The first-order valence-electron chi connectivity index (χ1n) is 5.13. The fraction of sp³-hybridized carbons (Fsp3) is 0.545. The minimum Gasteiger partial charge on any atom is -0.385 e. The standard InChI is InChI=1S/C11H17ClN2O/c1-4-11(15,5-2)8-7-14-10(13-3)6-9(8)12/h6-7,15H,4-5H2,1-3H3,(H,13,14). The minimum absolute atomic E-state index is 0.556. The van der Waals surface area contributed by atoms with Crippen LogP contribution in [0.15, 0.2) is 12.3 Å². The molecule has 0 amide bonds.